The molecule has 0 saturated carbocycles. The molecule has 2 atom stereocenters. The normalized spacial score (nSPS) is 17.2. The molecule has 0 bridgehead atoms. The van der Waals surface area contributed by atoms with Crippen molar-refractivity contribution in [3.63, 3.8) is 0 Å². The summed E-state index contributed by atoms with van der Waals surface area (Å²) in [7, 11) is 3.33. The molecular formula is C31H31N5O4. The number of imidazole rings is 1. The van der Waals surface area contributed by atoms with Crippen molar-refractivity contribution < 1.29 is 18.9 Å². The fourth-order valence-electron chi connectivity index (χ4n) is 5.39. The van der Waals surface area contributed by atoms with Gasteiger partial charge >= 0.3 is 0 Å². The molecule has 1 aliphatic heterocycles. The molecule has 0 aliphatic carbocycles. The molecule has 1 saturated heterocycles. The maximum absolute atomic E-state index is 7.01. The number of aromatic nitrogens is 4. The Morgan fingerprint density at radius 3 is 2.08 bits per heavy atom. The van der Waals surface area contributed by atoms with Crippen LogP contribution in [0.5, 0.6) is 11.5 Å². The van der Waals surface area contributed by atoms with Crippen LogP contribution >= 0.6 is 0 Å². The van der Waals surface area contributed by atoms with Crippen LogP contribution < -0.4 is 15.2 Å². The summed E-state index contributed by atoms with van der Waals surface area (Å²) in [4.78, 5) is 12.8. The number of ether oxygens (including phenoxy) is 4. The van der Waals surface area contributed by atoms with Crippen LogP contribution in [0.25, 0.3) is 11.2 Å². The van der Waals surface area contributed by atoms with E-state index in [-0.39, 0.29) is 12.3 Å². The zero-order valence-electron chi connectivity index (χ0n) is 22.4. The maximum Gasteiger partial charge on any atom is 0.167 e. The quantitative estimate of drug-likeness (QED) is 0.259. The standard InChI is InChI=1S/C31H31N5O4/c1-37-24-12-8-22(9-13-24)31(21-6-4-3-5-7-21,23-10-14-25(38-2)15-11-23)39-18-26-16-17-27(40-26)36-20-35-28-29(32)33-19-34-30(28)36/h3-15,19-20,26-27H,16-18H2,1-2H3,(H2,32,33,34)/t26-,27+/m0/s1. The number of nitrogens with two attached hydrogens (primary N) is 1. The van der Waals surface area contributed by atoms with E-state index >= 15 is 0 Å². The van der Waals surface area contributed by atoms with Gasteiger partial charge in [-0.3, -0.25) is 4.57 Å². The lowest BCUT2D eigenvalue weighted by Gasteiger charge is -2.37. The Hall–Kier alpha value is -4.47. The van der Waals surface area contributed by atoms with Gasteiger partial charge in [-0.2, -0.15) is 0 Å². The number of benzene rings is 3. The van der Waals surface area contributed by atoms with Crippen LogP contribution in [0, 0.1) is 0 Å². The Balaban J connectivity index is 1.34. The first kappa shape index (κ1) is 25.8. The SMILES string of the molecule is COc1ccc(C(OC[C@@H]2CC[C@H](n3cnc4c(N)ncnc43)O2)(c2ccccc2)c2ccc(OC)cc2)cc1. The van der Waals surface area contributed by atoms with Crippen molar-refractivity contribution in [3.8, 4) is 11.5 Å². The van der Waals surface area contributed by atoms with Gasteiger partial charge < -0.3 is 24.7 Å². The Morgan fingerprint density at radius 1 is 0.825 bits per heavy atom. The summed E-state index contributed by atoms with van der Waals surface area (Å²) in [6.07, 6.45) is 4.42. The zero-order chi connectivity index (χ0) is 27.5. The van der Waals surface area contributed by atoms with E-state index in [4.69, 9.17) is 24.7 Å². The summed E-state index contributed by atoms with van der Waals surface area (Å²) >= 11 is 0. The van der Waals surface area contributed by atoms with E-state index in [1.165, 1.54) is 6.33 Å². The second-order valence-corrected chi connectivity index (χ2v) is 9.69. The van der Waals surface area contributed by atoms with Crippen molar-refractivity contribution >= 4 is 17.0 Å². The molecule has 2 aromatic heterocycles. The number of nitrogens with zero attached hydrogens (tertiary/aromatic N) is 4. The van der Waals surface area contributed by atoms with Crippen LogP contribution in [-0.2, 0) is 15.1 Å². The minimum Gasteiger partial charge on any atom is -0.497 e. The Kier molecular flexibility index (Phi) is 7.06. The molecule has 0 amide bonds. The van der Waals surface area contributed by atoms with Crippen LogP contribution in [0.2, 0.25) is 0 Å². The molecular weight excluding hydrogens is 506 g/mol. The smallest absolute Gasteiger partial charge is 0.167 e. The summed E-state index contributed by atoms with van der Waals surface area (Å²) in [5, 5.41) is 0. The molecule has 1 aliphatic rings. The molecule has 9 heteroatoms. The second kappa shape index (κ2) is 11.0. The Bertz CT molecular complexity index is 1520. The highest BCUT2D eigenvalue weighted by Gasteiger charge is 2.40. The van der Waals surface area contributed by atoms with Crippen molar-refractivity contribution in [2.75, 3.05) is 26.6 Å². The number of nitrogen functional groups attached to an aromatic ring is 1. The van der Waals surface area contributed by atoms with Gasteiger partial charge in [0.15, 0.2) is 11.5 Å². The van der Waals surface area contributed by atoms with E-state index in [0.717, 1.165) is 41.0 Å². The lowest BCUT2D eigenvalue weighted by Crippen LogP contribution is -2.35. The molecule has 1 fully saturated rings. The summed E-state index contributed by atoms with van der Waals surface area (Å²) in [5.74, 6) is 1.91. The first-order valence-corrected chi connectivity index (χ1v) is 13.2. The van der Waals surface area contributed by atoms with Gasteiger partial charge in [-0.1, -0.05) is 54.6 Å². The van der Waals surface area contributed by atoms with Crippen LogP contribution in [0.1, 0.15) is 35.8 Å². The van der Waals surface area contributed by atoms with Crippen LogP contribution in [0.4, 0.5) is 5.82 Å². The molecule has 2 N–H and O–H groups in total. The first-order chi connectivity index (χ1) is 19.6. The molecule has 0 spiro atoms. The predicted molar refractivity (Wildman–Crippen MR) is 151 cm³/mol. The van der Waals surface area contributed by atoms with Gasteiger partial charge in [0.05, 0.1) is 33.3 Å². The predicted octanol–water partition coefficient (Wildman–Crippen LogP) is 5.11. The third-order valence-corrected chi connectivity index (χ3v) is 7.44. The van der Waals surface area contributed by atoms with Crippen LogP contribution in [0.15, 0.2) is 91.5 Å². The van der Waals surface area contributed by atoms with Gasteiger partial charge in [-0.25, -0.2) is 15.0 Å². The first-order valence-electron chi connectivity index (χ1n) is 13.2. The van der Waals surface area contributed by atoms with E-state index in [1.54, 1.807) is 20.5 Å². The number of rotatable bonds is 9. The fraction of sp³-hybridized carbons (Fsp3) is 0.258. The Morgan fingerprint density at radius 2 is 1.45 bits per heavy atom. The number of methoxy groups -OCH3 is 2. The van der Waals surface area contributed by atoms with Gasteiger partial charge in [-0.15, -0.1) is 0 Å². The molecule has 204 valence electrons. The van der Waals surface area contributed by atoms with Gasteiger partial charge in [-0.05, 0) is 53.8 Å². The highest BCUT2D eigenvalue weighted by Crippen LogP contribution is 2.42. The van der Waals surface area contributed by atoms with Crippen molar-refractivity contribution in [2.45, 2.75) is 30.8 Å². The molecule has 5 aromatic rings. The lowest BCUT2D eigenvalue weighted by atomic mass is 9.80. The highest BCUT2D eigenvalue weighted by atomic mass is 16.6. The third-order valence-electron chi connectivity index (χ3n) is 7.44. The highest BCUT2D eigenvalue weighted by molar-refractivity contribution is 5.81. The average Bonchev–Trinajstić information content (AvgIpc) is 3.67. The number of hydrogen-bond acceptors (Lipinski definition) is 8. The van der Waals surface area contributed by atoms with Gasteiger partial charge in [0.2, 0.25) is 0 Å². The number of fused-ring (bicyclic) bond motifs is 1. The lowest BCUT2D eigenvalue weighted by molar-refractivity contribution is -0.0756. The van der Waals surface area contributed by atoms with Crippen molar-refractivity contribution in [3.05, 3.63) is 108 Å². The van der Waals surface area contributed by atoms with Crippen LogP contribution in [-0.4, -0.2) is 46.4 Å². The van der Waals surface area contributed by atoms with E-state index < -0.39 is 5.60 Å². The third kappa shape index (κ3) is 4.63. The van der Waals surface area contributed by atoms with Crippen molar-refractivity contribution in [1.82, 2.24) is 19.5 Å². The van der Waals surface area contributed by atoms with Gasteiger partial charge in [0.1, 0.15) is 35.2 Å². The Labute approximate surface area is 232 Å². The van der Waals surface area contributed by atoms with E-state index in [2.05, 4.69) is 51.4 Å². The minimum atomic E-state index is -0.898. The van der Waals surface area contributed by atoms with E-state index in [9.17, 15) is 0 Å². The van der Waals surface area contributed by atoms with E-state index in [1.807, 2.05) is 47.0 Å². The molecule has 3 heterocycles. The zero-order valence-corrected chi connectivity index (χ0v) is 22.4. The summed E-state index contributed by atoms with van der Waals surface area (Å²) in [6.45, 7) is 0.368. The number of anilines is 1. The topological polar surface area (TPSA) is 107 Å². The average molecular weight is 538 g/mol. The molecule has 0 unspecified atom stereocenters. The van der Waals surface area contributed by atoms with Crippen molar-refractivity contribution in [1.29, 1.82) is 0 Å². The molecule has 40 heavy (non-hydrogen) atoms. The maximum atomic E-state index is 7.01. The van der Waals surface area contributed by atoms with Gasteiger partial charge in [0, 0.05) is 0 Å². The molecule has 6 rings (SSSR count). The minimum absolute atomic E-state index is 0.138. The van der Waals surface area contributed by atoms with Crippen molar-refractivity contribution in [2.24, 2.45) is 0 Å². The van der Waals surface area contributed by atoms with Crippen LogP contribution in [0.3, 0.4) is 0 Å². The summed E-state index contributed by atoms with van der Waals surface area (Å²) < 4.78 is 26.3. The summed E-state index contributed by atoms with van der Waals surface area (Å²) in [5.41, 5.74) is 9.29. The van der Waals surface area contributed by atoms with Gasteiger partial charge in [0.25, 0.3) is 0 Å². The monoisotopic (exact) mass is 537 g/mol. The second-order valence-electron chi connectivity index (χ2n) is 9.69. The largest absolute Gasteiger partial charge is 0.497 e. The number of hydrogen-bond donors (Lipinski definition) is 1. The molecule has 9 nitrogen and oxygen atoms in total. The molecule has 3 aromatic carbocycles. The fourth-order valence-corrected chi connectivity index (χ4v) is 5.39. The van der Waals surface area contributed by atoms with E-state index in [0.29, 0.717) is 23.6 Å². The summed E-state index contributed by atoms with van der Waals surface area (Å²) in [6, 6.07) is 26.3. The molecule has 0 radical (unpaired) electrons.